The second kappa shape index (κ2) is 16.8. The minimum Gasteiger partial charge on any atom is -0.456 e. The van der Waals surface area contributed by atoms with Crippen molar-refractivity contribution in [1.29, 1.82) is 0 Å². The van der Waals surface area contributed by atoms with Crippen LogP contribution >= 0.6 is 0 Å². The maximum Gasteiger partial charge on any atom is 0.408 e. The predicted molar refractivity (Wildman–Crippen MR) is 225 cm³/mol. The first-order valence-electron chi connectivity index (χ1n) is 21.2. The van der Waals surface area contributed by atoms with E-state index in [0.29, 0.717) is 17.5 Å². The summed E-state index contributed by atoms with van der Waals surface area (Å²) < 4.78 is 36.9. The van der Waals surface area contributed by atoms with Gasteiger partial charge < -0.3 is 49.0 Å². The van der Waals surface area contributed by atoms with Crippen LogP contribution in [0.4, 0.5) is 4.79 Å². The number of alkyl carbamates (subject to hydrolysis) is 1. The topological polar surface area (TPSA) is 213 Å². The maximum atomic E-state index is 15.7. The summed E-state index contributed by atoms with van der Waals surface area (Å²) in [7, 11) is 0.0686. The maximum absolute atomic E-state index is 15.7. The van der Waals surface area contributed by atoms with Crippen molar-refractivity contribution in [2.75, 3.05) is 6.61 Å². The molecule has 0 aromatic heterocycles. The summed E-state index contributed by atoms with van der Waals surface area (Å²) in [6.45, 7) is 15.9. The largest absolute Gasteiger partial charge is 0.456 e. The lowest BCUT2D eigenvalue weighted by atomic mass is 9.42. The Morgan fingerprint density at radius 1 is 0.968 bits per heavy atom. The van der Waals surface area contributed by atoms with Crippen LogP contribution in [0.2, 0.25) is 6.32 Å². The quantitative estimate of drug-likeness (QED) is 0.106. The molecule has 4 N–H and O–H groups in total. The first-order chi connectivity index (χ1) is 28.9. The fourth-order valence-corrected chi connectivity index (χ4v) is 10.2. The van der Waals surface area contributed by atoms with Crippen molar-refractivity contribution in [2.45, 2.75) is 147 Å². The number of aliphatic hydroxyl groups is 3. The minimum absolute atomic E-state index is 0.0686. The number of ether oxygens (including phenoxy) is 5. The molecule has 62 heavy (non-hydrogen) atoms. The molecular weight excluding hydrogens is 801 g/mol. The van der Waals surface area contributed by atoms with Crippen LogP contribution in [0.15, 0.2) is 71.8 Å². The number of carbonyl (C=O) groups excluding carboxylic acids is 5. The second-order valence-electron chi connectivity index (χ2n) is 19.0. The fraction of sp³-hybridized carbons (Fsp3) is 0.587. The Balaban J connectivity index is 1.55. The monoisotopic (exact) mass is 861 g/mol. The molecule has 1 saturated heterocycles. The number of ketones is 1. The summed E-state index contributed by atoms with van der Waals surface area (Å²) in [5.74, 6) is -4.92. The van der Waals surface area contributed by atoms with Gasteiger partial charge in [-0.1, -0.05) is 75.6 Å². The van der Waals surface area contributed by atoms with E-state index in [1.807, 2.05) is 6.92 Å². The van der Waals surface area contributed by atoms with Gasteiger partial charge in [-0.3, -0.25) is 9.59 Å². The van der Waals surface area contributed by atoms with Crippen LogP contribution in [0.25, 0.3) is 0 Å². The molecule has 11 atom stereocenters. The molecule has 3 aliphatic carbocycles. The van der Waals surface area contributed by atoms with Gasteiger partial charge in [-0.15, -0.1) is 0 Å². The number of aliphatic hydroxyl groups excluding tert-OH is 2. The molecule has 15 nitrogen and oxygen atoms in total. The van der Waals surface area contributed by atoms with Gasteiger partial charge in [0.05, 0.1) is 35.6 Å². The van der Waals surface area contributed by atoms with E-state index < -0.39 is 112 Å². The Kier molecular flexibility index (Phi) is 12.7. The number of rotatable bonds is 11. The highest BCUT2D eigenvalue weighted by Crippen LogP contribution is 2.67. The fourth-order valence-electron chi connectivity index (χ4n) is 10.2. The SMILES string of the molecule is CCBO[C@H]1C(=O)[C@]2(C)C(O)C[C@@]3(C)OCC3(OC(C)=O)[C@H]2[C@H](OC(=O)c2ccccc2)[C@]2(O)C[C@H](OC(=O)[C@H](O)[C@@H](NC(=O)OC(C)(C)C)c3ccccc3)C(C)=C1C2(C)C. The molecule has 1 amide bonds. The zero-order chi connectivity index (χ0) is 45.8. The van der Waals surface area contributed by atoms with Gasteiger partial charge >= 0.3 is 24.0 Å². The number of benzene rings is 2. The van der Waals surface area contributed by atoms with Gasteiger partial charge in [0.25, 0.3) is 7.48 Å². The highest BCUT2D eigenvalue weighted by Gasteiger charge is 2.81. The molecule has 16 heteroatoms. The number of hydrogen-bond donors (Lipinski definition) is 4. The van der Waals surface area contributed by atoms with Crippen LogP contribution in [-0.2, 0) is 42.7 Å². The van der Waals surface area contributed by atoms with E-state index in [1.54, 1.807) is 97.0 Å². The number of esters is 3. The third-order valence-electron chi connectivity index (χ3n) is 13.6. The summed E-state index contributed by atoms with van der Waals surface area (Å²) >= 11 is 0. The lowest BCUT2D eigenvalue weighted by Crippen LogP contribution is -2.85. The number of fused-ring (bicyclic) bond motifs is 5. The number of carbonyl (C=O) groups is 5. The van der Waals surface area contributed by atoms with Crippen LogP contribution in [0, 0.1) is 16.7 Å². The van der Waals surface area contributed by atoms with Crippen molar-refractivity contribution in [3.8, 4) is 0 Å². The van der Waals surface area contributed by atoms with Gasteiger partial charge in [-0.2, -0.15) is 0 Å². The molecule has 1 aliphatic heterocycles. The average molecular weight is 862 g/mol. The van der Waals surface area contributed by atoms with Crippen molar-refractivity contribution in [3.63, 3.8) is 0 Å². The third kappa shape index (κ3) is 7.86. The molecule has 4 aliphatic rings. The van der Waals surface area contributed by atoms with Gasteiger partial charge in [0, 0.05) is 25.2 Å². The molecule has 2 saturated carbocycles. The van der Waals surface area contributed by atoms with E-state index in [0.717, 1.165) is 0 Å². The number of Topliss-reactive ketones (excluding diaryl/α,β-unsaturated/α-hetero) is 1. The Morgan fingerprint density at radius 3 is 2.13 bits per heavy atom. The smallest absolute Gasteiger partial charge is 0.408 e. The minimum atomic E-state index is -2.29. The zero-order valence-electron chi connectivity index (χ0n) is 37.2. The molecule has 2 unspecified atom stereocenters. The van der Waals surface area contributed by atoms with Crippen LogP contribution in [0.5, 0.6) is 0 Å². The molecule has 3 fully saturated rings. The Morgan fingerprint density at radius 2 is 1.58 bits per heavy atom. The number of hydrogen-bond acceptors (Lipinski definition) is 14. The third-order valence-corrected chi connectivity index (χ3v) is 13.6. The lowest BCUT2D eigenvalue weighted by molar-refractivity contribution is -0.383. The molecule has 6 rings (SSSR count). The molecule has 1 heterocycles. The molecule has 0 spiro atoms. The summed E-state index contributed by atoms with van der Waals surface area (Å²) in [5, 5.41) is 40.4. The number of nitrogens with one attached hydrogen (secondary N) is 1. The lowest BCUT2D eigenvalue weighted by Gasteiger charge is -2.70. The van der Waals surface area contributed by atoms with E-state index in [2.05, 4.69) is 5.32 Å². The molecular formula is C46H60BNO14. The van der Waals surface area contributed by atoms with Gasteiger partial charge in [-0.05, 0) is 70.4 Å². The highest BCUT2D eigenvalue weighted by atomic mass is 16.6. The van der Waals surface area contributed by atoms with Crippen LogP contribution in [0.1, 0.15) is 104 Å². The predicted octanol–water partition coefficient (Wildman–Crippen LogP) is 4.46. The zero-order valence-corrected chi connectivity index (χ0v) is 37.2. The normalized spacial score (nSPS) is 33.4. The second-order valence-corrected chi connectivity index (χ2v) is 19.0. The summed E-state index contributed by atoms with van der Waals surface area (Å²) in [5.41, 5.74) is -8.79. The van der Waals surface area contributed by atoms with Crippen LogP contribution in [0.3, 0.4) is 0 Å². The van der Waals surface area contributed by atoms with Crippen molar-refractivity contribution in [2.24, 2.45) is 16.7 Å². The summed E-state index contributed by atoms with van der Waals surface area (Å²) in [6, 6.07) is 14.9. The van der Waals surface area contributed by atoms with E-state index in [9.17, 15) is 34.5 Å². The van der Waals surface area contributed by atoms with Crippen molar-refractivity contribution in [1.82, 2.24) is 5.32 Å². The first-order valence-corrected chi connectivity index (χ1v) is 21.2. The highest BCUT2D eigenvalue weighted by molar-refractivity contribution is 6.27. The molecule has 0 radical (unpaired) electrons. The van der Waals surface area contributed by atoms with E-state index >= 15 is 4.79 Å². The molecule has 336 valence electrons. The van der Waals surface area contributed by atoms with Gasteiger partial charge in [0.15, 0.2) is 17.5 Å². The Labute approximate surface area is 363 Å². The van der Waals surface area contributed by atoms with E-state index in [-0.39, 0.29) is 31.6 Å². The van der Waals surface area contributed by atoms with E-state index in [1.165, 1.54) is 26.0 Å². The van der Waals surface area contributed by atoms with Crippen LogP contribution < -0.4 is 5.32 Å². The average Bonchev–Trinajstić information content (AvgIpc) is 3.20. The first kappa shape index (κ1) is 46.9. The van der Waals surface area contributed by atoms with Gasteiger partial charge in [0.2, 0.25) is 0 Å². The summed E-state index contributed by atoms with van der Waals surface area (Å²) in [4.78, 5) is 70.6. The van der Waals surface area contributed by atoms with Crippen molar-refractivity contribution < 1.29 is 67.6 Å². The van der Waals surface area contributed by atoms with Crippen molar-refractivity contribution >= 4 is 37.3 Å². The summed E-state index contributed by atoms with van der Waals surface area (Å²) in [6.07, 6.45) is -9.18. The van der Waals surface area contributed by atoms with Gasteiger partial charge in [-0.25, -0.2) is 14.4 Å². The molecule has 2 aromatic rings. The standard InChI is InChI=1S/C46H60BNO14/c1-11-47-62-34-31-25(2)29(58-39(54)33(51)32(27-18-14-12-15-19-27)48-40(55)61-41(4,5)6)22-45(56,42(31,7)8)37(59-38(53)28-20-16-13-17-21-28)35-44(10,36(34)52)30(50)23-43(9)46(35,24-57-43)60-26(3)49/h12-21,29-30,32-35,37,47,50-51,56H,11,22-24H2,1-10H3,(H,48,55)/t29-,30?,32-,33+,34+,35-,37-,43+,44+,45+,46?/m0/s1. The molecule has 2 aromatic carbocycles. The van der Waals surface area contributed by atoms with E-state index in [4.69, 9.17) is 28.3 Å². The Hall–Kier alpha value is -4.61. The van der Waals surface area contributed by atoms with Crippen molar-refractivity contribution in [3.05, 3.63) is 82.9 Å². The van der Waals surface area contributed by atoms with Gasteiger partial charge in [0.1, 0.15) is 35.1 Å². The van der Waals surface area contributed by atoms with Crippen LogP contribution in [-0.4, -0.2) is 112 Å². The molecule has 2 bridgehead atoms. The number of amides is 1. The Bertz CT molecular complexity index is 2090.